The van der Waals surface area contributed by atoms with Crippen LogP contribution in [0, 0.1) is 12.8 Å². The van der Waals surface area contributed by atoms with Gasteiger partial charge in [0, 0.05) is 6.20 Å². The molecule has 1 aromatic rings. The van der Waals surface area contributed by atoms with E-state index in [0.29, 0.717) is 5.92 Å². The second-order valence-electron chi connectivity index (χ2n) is 3.75. The fourth-order valence-corrected chi connectivity index (χ4v) is 1.87. The van der Waals surface area contributed by atoms with Crippen molar-refractivity contribution in [3.63, 3.8) is 0 Å². The summed E-state index contributed by atoms with van der Waals surface area (Å²) in [6.07, 6.45) is 3.97. The van der Waals surface area contributed by atoms with Gasteiger partial charge in [0.15, 0.2) is 0 Å². The molecule has 15 heavy (non-hydrogen) atoms. The minimum atomic E-state index is 0.127. The molecule has 84 valence electrons. The molecule has 0 spiro atoms. The van der Waals surface area contributed by atoms with Gasteiger partial charge in [0.2, 0.25) is 0 Å². The van der Waals surface area contributed by atoms with Gasteiger partial charge in [0.25, 0.3) is 0 Å². The van der Waals surface area contributed by atoms with Crippen LogP contribution in [0.4, 0.5) is 0 Å². The number of aromatic nitrogens is 2. The van der Waals surface area contributed by atoms with E-state index in [1.54, 1.807) is 6.20 Å². The first-order valence-corrected chi connectivity index (χ1v) is 5.48. The van der Waals surface area contributed by atoms with E-state index < -0.39 is 0 Å². The van der Waals surface area contributed by atoms with Crippen molar-refractivity contribution in [1.29, 1.82) is 0 Å². The van der Waals surface area contributed by atoms with Gasteiger partial charge >= 0.3 is 0 Å². The molecule has 3 N–H and O–H groups in total. The quantitative estimate of drug-likeness (QED) is 0.571. The minimum absolute atomic E-state index is 0.127. The molecular formula is C11H20N4. The van der Waals surface area contributed by atoms with Crippen LogP contribution in [0.25, 0.3) is 0 Å². The maximum atomic E-state index is 5.60. The van der Waals surface area contributed by atoms with Crippen molar-refractivity contribution in [2.24, 2.45) is 11.8 Å². The number of hydrogen-bond acceptors (Lipinski definition) is 4. The molecular weight excluding hydrogens is 188 g/mol. The predicted molar refractivity (Wildman–Crippen MR) is 60.9 cm³/mol. The molecule has 4 nitrogen and oxygen atoms in total. The fraction of sp³-hybridized carbons (Fsp3) is 0.636. The highest BCUT2D eigenvalue weighted by atomic mass is 15.2. The van der Waals surface area contributed by atoms with Crippen LogP contribution >= 0.6 is 0 Å². The molecule has 1 rings (SSSR count). The monoisotopic (exact) mass is 208 g/mol. The number of nitrogens with zero attached hydrogens (tertiary/aromatic N) is 2. The lowest BCUT2D eigenvalue weighted by molar-refractivity contribution is 0.338. The van der Waals surface area contributed by atoms with Crippen LogP contribution in [0.5, 0.6) is 0 Å². The van der Waals surface area contributed by atoms with E-state index in [-0.39, 0.29) is 6.04 Å². The van der Waals surface area contributed by atoms with Crippen molar-refractivity contribution >= 4 is 0 Å². The molecule has 1 atom stereocenters. The lowest BCUT2D eigenvalue weighted by atomic mass is 9.92. The molecule has 0 fully saturated rings. The van der Waals surface area contributed by atoms with Gasteiger partial charge in [-0.05, 0) is 18.9 Å². The first-order chi connectivity index (χ1) is 7.22. The van der Waals surface area contributed by atoms with Crippen molar-refractivity contribution < 1.29 is 0 Å². The summed E-state index contributed by atoms with van der Waals surface area (Å²) in [7, 11) is 0. The molecule has 0 aliphatic carbocycles. The van der Waals surface area contributed by atoms with Crippen LogP contribution in [0.1, 0.15) is 44.2 Å². The van der Waals surface area contributed by atoms with Crippen molar-refractivity contribution in [1.82, 2.24) is 15.4 Å². The van der Waals surface area contributed by atoms with Gasteiger partial charge in [-0.25, -0.2) is 9.97 Å². The van der Waals surface area contributed by atoms with Gasteiger partial charge in [-0.2, -0.15) is 0 Å². The van der Waals surface area contributed by atoms with E-state index in [9.17, 15) is 0 Å². The van der Waals surface area contributed by atoms with Gasteiger partial charge in [-0.15, -0.1) is 0 Å². The SMILES string of the molecule is CCC(CC)C(NN)c1ccnc(C)n1. The third kappa shape index (κ3) is 2.97. The Labute approximate surface area is 91.3 Å². The zero-order valence-corrected chi connectivity index (χ0v) is 9.70. The normalized spacial score (nSPS) is 13.1. The first-order valence-electron chi connectivity index (χ1n) is 5.48. The Morgan fingerprint density at radius 2 is 2.07 bits per heavy atom. The number of nitrogens with one attached hydrogen (secondary N) is 1. The third-order valence-corrected chi connectivity index (χ3v) is 2.82. The summed E-state index contributed by atoms with van der Waals surface area (Å²) in [5, 5.41) is 0. The second-order valence-corrected chi connectivity index (χ2v) is 3.75. The highest BCUT2D eigenvalue weighted by molar-refractivity contribution is 5.08. The van der Waals surface area contributed by atoms with Crippen LogP contribution in [-0.2, 0) is 0 Å². The number of rotatable bonds is 5. The van der Waals surface area contributed by atoms with E-state index in [0.717, 1.165) is 24.4 Å². The summed E-state index contributed by atoms with van der Waals surface area (Å²) >= 11 is 0. The lowest BCUT2D eigenvalue weighted by Crippen LogP contribution is -2.34. The average molecular weight is 208 g/mol. The molecule has 1 unspecified atom stereocenters. The smallest absolute Gasteiger partial charge is 0.125 e. The maximum absolute atomic E-state index is 5.60. The molecule has 0 saturated heterocycles. The Kier molecular flexibility index (Phi) is 4.65. The molecule has 0 radical (unpaired) electrons. The molecule has 0 saturated carbocycles. The van der Waals surface area contributed by atoms with E-state index in [1.165, 1.54) is 0 Å². The maximum Gasteiger partial charge on any atom is 0.125 e. The largest absolute Gasteiger partial charge is 0.271 e. The predicted octanol–water partition coefficient (Wildman–Crippen LogP) is 1.73. The van der Waals surface area contributed by atoms with Crippen LogP contribution < -0.4 is 11.3 Å². The first kappa shape index (κ1) is 12.1. The molecule has 0 amide bonds. The zero-order chi connectivity index (χ0) is 11.3. The third-order valence-electron chi connectivity index (χ3n) is 2.82. The number of aryl methyl sites for hydroxylation is 1. The Morgan fingerprint density at radius 1 is 1.40 bits per heavy atom. The number of hydrazine groups is 1. The fourth-order valence-electron chi connectivity index (χ4n) is 1.87. The zero-order valence-electron chi connectivity index (χ0n) is 9.70. The van der Waals surface area contributed by atoms with Gasteiger partial charge in [0.05, 0.1) is 11.7 Å². The Bertz CT molecular complexity index is 296. The summed E-state index contributed by atoms with van der Waals surface area (Å²) in [5.74, 6) is 6.90. The molecule has 0 aliphatic rings. The lowest BCUT2D eigenvalue weighted by Gasteiger charge is -2.23. The van der Waals surface area contributed by atoms with Crippen LogP contribution in [0.3, 0.4) is 0 Å². The van der Waals surface area contributed by atoms with E-state index >= 15 is 0 Å². The average Bonchev–Trinajstić information content (AvgIpc) is 2.25. The molecule has 1 heterocycles. The molecule has 0 bridgehead atoms. The standard InChI is InChI=1S/C11H20N4/c1-4-9(5-2)11(15-12)10-6-7-13-8(3)14-10/h6-7,9,11,15H,4-5,12H2,1-3H3. The minimum Gasteiger partial charge on any atom is -0.271 e. The van der Waals surface area contributed by atoms with Crippen molar-refractivity contribution in [3.05, 3.63) is 23.8 Å². The van der Waals surface area contributed by atoms with E-state index in [2.05, 4.69) is 29.2 Å². The van der Waals surface area contributed by atoms with Crippen LogP contribution in [0.15, 0.2) is 12.3 Å². The summed E-state index contributed by atoms with van der Waals surface area (Å²) in [6.45, 7) is 6.24. The summed E-state index contributed by atoms with van der Waals surface area (Å²) in [4.78, 5) is 8.50. The van der Waals surface area contributed by atoms with Gasteiger partial charge < -0.3 is 0 Å². The van der Waals surface area contributed by atoms with Gasteiger partial charge in [0.1, 0.15) is 5.82 Å². The summed E-state index contributed by atoms with van der Waals surface area (Å²) in [6, 6.07) is 2.05. The van der Waals surface area contributed by atoms with Crippen molar-refractivity contribution in [2.75, 3.05) is 0 Å². The molecule has 0 aliphatic heterocycles. The highest BCUT2D eigenvalue weighted by Gasteiger charge is 2.20. The number of nitrogens with two attached hydrogens (primary N) is 1. The highest BCUT2D eigenvalue weighted by Crippen LogP contribution is 2.24. The Hall–Kier alpha value is -1.00. The Balaban J connectivity index is 2.90. The van der Waals surface area contributed by atoms with Crippen molar-refractivity contribution in [3.8, 4) is 0 Å². The second kappa shape index (κ2) is 5.78. The van der Waals surface area contributed by atoms with Crippen LogP contribution in [-0.4, -0.2) is 9.97 Å². The topological polar surface area (TPSA) is 63.8 Å². The molecule has 1 aromatic heterocycles. The van der Waals surface area contributed by atoms with Crippen molar-refractivity contribution in [2.45, 2.75) is 39.7 Å². The van der Waals surface area contributed by atoms with E-state index in [1.807, 2.05) is 13.0 Å². The molecule has 0 aromatic carbocycles. The summed E-state index contributed by atoms with van der Waals surface area (Å²) in [5.41, 5.74) is 3.84. The van der Waals surface area contributed by atoms with Crippen LogP contribution in [0.2, 0.25) is 0 Å². The van der Waals surface area contributed by atoms with E-state index in [4.69, 9.17) is 5.84 Å². The number of hydrogen-bond donors (Lipinski definition) is 2. The molecule has 4 heteroatoms. The van der Waals surface area contributed by atoms with Gasteiger partial charge in [-0.1, -0.05) is 26.7 Å². The van der Waals surface area contributed by atoms with Gasteiger partial charge in [-0.3, -0.25) is 11.3 Å². The Morgan fingerprint density at radius 3 is 2.53 bits per heavy atom. The summed E-state index contributed by atoms with van der Waals surface area (Å²) < 4.78 is 0.